The fourth-order valence-electron chi connectivity index (χ4n) is 3.23. The quantitative estimate of drug-likeness (QED) is 0.210. The average molecular weight is 516 g/mol. The molecule has 0 radical (unpaired) electrons. The topological polar surface area (TPSA) is 74.1 Å². The molecule has 3 aromatic carbocycles. The van der Waals surface area contributed by atoms with Gasteiger partial charge < -0.3 is 14.8 Å². The van der Waals surface area contributed by atoms with Gasteiger partial charge in [-0.2, -0.15) is 4.68 Å². The van der Waals surface area contributed by atoms with Crippen molar-refractivity contribution in [3.8, 4) is 17.2 Å². The Morgan fingerprint density at radius 1 is 1.00 bits per heavy atom. The molecule has 7 nitrogen and oxygen atoms in total. The fraction of sp³-hybridized carbons (Fsp3) is 0.208. The predicted molar refractivity (Wildman–Crippen MR) is 135 cm³/mol. The molecule has 1 N–H and O–H groups in total. The Kier molecular flexibility index (Phi) is 8.65. The SMILES string of the molecule is COc1cc(CNCCSc2nnnn2-c2ccccc2)cc(Cl)c1OCc1ccccc1Cl. The number of nitrogens with one attached hydrogen (secondary N) is 1. The number of ether oxygens (including phenoxy) is 2. The van der Waals surface area contributed by atoms with Gasteiger partial charge in [0, 0.05) is 29.4 Å². The number of aromatic nitrogens is 4. The number of halogens is 2. The summed E-state index contributed by atoms with van der Waals surface area (Å²) in [6.07, 6.45) is 0. The first kappa shape index (κ1) is 24.3. The van der Waals surface area contributed by atoms with Gasteiger partial charge in [0.2, 0.25) is 5.16 Å². The number of benzene rings is 3. The van der Waals surface area contributed by atoms with Gasteiger partial charge in [-0.3, -0.25) is 0 Å². The van der Waals surface area contributed by atoms with E-state index in [1.807, 2.05) is 66.7 Å². The van der Waals surface area contributed by atoms with E-state index in [2.05, 4.69) is 20.8 Å². The second kappa shape index (κ2) is 12.1. The monoisotopic (exact) mass is 515 g/mol. The van der Waals surface area contributed by atoms with Gasteiger partial charge in [0.1, 0.15) is 6.61 Å². The molecule has 0 unspecified atom stereocenters. The molecule has 0 aliphatic heterocycles. The molecule has 4 aromatic rings. The van der Waals surface area contributed by atoms with Crippen LogP contribution >= 0.6 is 35.0 Å². The smallest absolute Gasteiger partial charge is 0.214 e. The molecule has 1 aromatic heterocycles. The van der Waals surface area contributed by atoms with Crippen LogP contribution in [0.2, 0.25) is 10.0 Å². The van der Waals surface area contributed by atoms with Crippen molar-refractivity contribution in [3.05, 3.63) is 87.9 Å². The lowest BCUT2D eigenvalue weighted by atomic mass is 10.2. The van der Waals surface area contributed by atoms with Gasteiger partial charge in [-0.15, -0.1) is 5.10 Å². The Bertz CT molecular complexity index is 1220. The first-order chi connectivity index (χ1) is 16.7. The Hall–Kier alpha value is -2.78. The second-order valence-electron chi connectivity index (χ2n) is 7.22. The van der Waals surface area contributed by atoms with Gasteiger partial charge in [-0.1, -0.05) is 71.4 Å². The predicted octanol–water partition coefficient (Wildman–Crippen LogP) is 5.44. The van der Waals surface area contributed by atoms with Gasteiger partial charge in [0.25, 0.3) is 0 Å². The van der Waals surface area contributed by atoms with Crippen LogP contribution in [-0.2, 0) is 13.2 Å². The van der Waals surface area contributed by atoms with Crippen molar-refractivity contribution in [1.82, 2.24) is 25.5 Å². The van der Waals surface area contributed by atoms with E-state index in [4.69, 9.17) is 32.7 Å². The van der Waals surface area contributed by atoms with Crippen molar-refractivity contribution >= 4 is 35.0 Å². The number of para-hydroxylation sites is 1. The zero-order valence-electron chi connectivity index (χ0n) is 18.4. The molecule has 0 saturated heterocycles. The molecule has 10 heteroatoms. The number of tetrazole rings is 1. The average Bonchev–Trinajstić information content (AvgIpc) is 3.33. The van der Waals surface area contributed by atoms with Crippen molar-refractivity contribution in [2.45, 2.75) is 18.3 Å². The number of methoxy groups -OCH3 is 1. The van der Waals surface area contributed by atoms with E-state index in [-0.39, 0.29) is 0 Å². The molecule has 4 rings (SSSR count). The summed E-state index contributed by atoms with van der Waals surface area (Å²) in [5.41, 5.74) is 2.80. The van der Waals surface area contributed by atoms with Gasteiger partial charge >= 0.3 is 0 Å². The summed E-state index contributed by atoms with van der Waals surface area (Å²) >= 11 is 14.3. The van der Waals surface area contributed by atoms with Crippen LogP contribution in [0, 0.1) is 0 Å². The number of hydrogen-bond acceptors (Lipinski definition) is 7. The highest BCUT2D eigenvalue weighted by molar-refractivity contribution is 7.99. The summed E-state index contributed by atoms with van der Waals surface area (Å²) in [6, 6.07) is 21.2. The molecule has 0 aliphatic carbocycles. The number of hydrogen-bond donors (Lipinski definition) is 1. The minimum absolute atomic E-state index is 0.299. The molecule has 0 atom stereocenters. The van der Waals surface area contributed by atoms with E-state index < -0.39 is 0 Å². The molecular formula is C24H23Cl2N5O2S. The van der Waals surface area contributed by atoms with E-state index in [0.29, 0.717) is 34.7 Å². The number of rotatable bonds is 11. The zero-order valence-corrected chi connectivity index (χ0v) is 20.8. The van der Waals surface area contributed by atoms with Gasteiger partial charge in [-0.05, 0) is 46.3 Å². The molecule has 0 bridgehead atoms. The Labute approximate surface area is 212 Å². The first-order valence-electron chi connectivity index (χ1n) is 10.6. The Morgan fingerprint density at radius 3 is 2.59 bits per heavy atom. The second-order valence-corrected chi connectivity index (χ2v) is 9.10. The third kappa shape index (κ3) is 6.21. The van der Waals surface area contributed by atoms with Crippen LogP contribution in [0.25, 0.3) is 5.69 Å². The van der Waals surface area contributed by atoms with Crippen LogP contribution in [0.5, 0.6) is 11.5 Å². The molecular weight excluding hydrogens is 493 g/mol. The van der Waals surface area contributed by atoms with Crippen molar-refractivity contribution in [2.24, 2.45) is 0 Å². The maximum atomic E-state index is 6.51. The van der Waals surface area contributed by atoms with Crippen LogP contribution in [0.1, 0.15) is 11.1 Å². The molecule has 0 aliphatic rings. The molecule has 0 fully saturated rings. The maximum absolute atomic E-state index is 6.51. The van der Waals surface area contributed by atoms with Crippen molar-refractivity contribution in [2.75, 3.05) is 19.4 Å². The fourth-order valence-corrected chi connectivity index (χ4v) is 4.49. The van der Waals surface area contributed by atoms with Crippen LogP contribution < -0.4 is 14.8 Å². The summed E-state index contributed by atoms with van der Waals surface area (Å²) in [4.78, 5) is 0. The standard InChI is InChI=1S/C24H23Cl2N5O2S/c1-32-22-14-17(13-21(26)23(22)33-16-18-7-5-6-10-20(18)25)15-27-11-12-34-24-28-29-30-31(24)19-8-3-2-4-9-19/h2-10,13-14,27H,11-12,15-16H2,1H3. The summed E-state index contributed by atoms with van der Waals surface area (Å²) in [7, 11) is 1.60. The van der Waals surface area contributed by atoms with Crippen molar-refractivity contribution in [1.29, 1.82) is 0 Å². The minimum atomic E-state index is 0.299. The summed E-state index contributed by atoms with van der Waals surface area (Å²) < 4.78 is 13.2. The Morgan fingerprint density at radius 2 is 1.79 bits per heavy atom. The lowest BCUT2D eigenvalue weighted by Crippen LogP contribution is -2.17. The third-order valence-electron chi connectivity index (χ3n) is 4.90. The normalized spacial score (nSPS) is 10.9. The lowest BCUT2D eigenvalue weighted by Gasteiger charge is -2.15. The van der Waals surface area contributed by atoms with Crippen LogP contribution in [0.3, 0.4) is 0 Å². The van der Waals surface area contributed by atoms with Crippen LogP contribution in [-0.4, -0.2) is 39.6 Å². The van der Waals surface area contributed by atoms with Gasteiger partial charge in [0.15, 0.2) is 11.5 Å². The van der Waals surface area contributed by atoms with Crippen LogP contribution in [0.15, 0.2) is 71.9 Å². The molecule has 0 spiro atoms. The van der Waals surface area contributed by atoms with E-state index in [1.54, 1.807) is 23.6 Å². The summed E-state index contributed by atoms with van der Waals surface area (Å²) in [5, 5.41) is 17.3. The number of nitrogens with zero attached hydrogens (tertiary/aromatic N) is 4. The molecule has 176 valence electrons. The molecule has 1 heterocycles. The lowest BCUT2D eigenvalue weighted by molar-refractivity contribution is 0.284. The highest BCUT2D eigenvalue weighted by atomic mass is 35.5. The maximum Gasteiger partial charge on any atom is 0.214 e. The minimum Gasteiger partial charge on any atom is -0.493 e. The third-order valence-corrected chi connectivity index (χ3v) is 6.47. The molecule has 34 heavy (non-hydrogen) atoms. The van der Waals surface area contributed by atoms with Gasteiger partial charge in [-0.25, -0.2) is 0 Å². The van der Waals surface area contributed by atoms with E-state index >= 15 is 0 Å². The van der Waals surface area contributed by atoms with Crippen molar-refractivity contribution in [3.63, 3.8) is 0 Å². The summed E-state index contributed by atoms with van der Waals surface area (Å²) in [6.45, 7) is 1.69. The van der Waals surface area contributed by atoms with E-state index in [9.17, 15) is 0 Å². The van der Waals surface area contributed by atoms with E-state index in [1.165, 1.54) is 0 Å². The highest BCUT2D eigenvalue weighted by Crippen LogP contribution is 2.37. The summed E-state index contributed by atoms with van der Waals surface area (Å²) in [5.74, 6) is 1.88. The highest BCUT2D eigenvalue weighted by Gasteiger charge is 2.13. The van der Waals surface area contributed by atoms with Crippen LogP contribution in [0.4, 0.5) is 0 Å². The van der Waals surface area contributed by atoms with Gasteiger partial charge in [0.05, 0.1) is 17.8 Å². The molecule has 0 amide bonds. The van der Waals surface area contributed by atoms with E-state index in [0.717, 1.165) is 34.3 Å². The molecule has 0 saturated carbocycles. The number of thioether (sulfide) groups is 1. The zero-order chi connectivity index (χ0) is 23.8. The largest absolute Gasteiger partial charge is 0.493 e. The first-order valence-corrected chi connectivity index (χ1v) is 12.3. The van der Waals surface area contributed by atoms with Crippen molar-refractivity contribution < 1.29 is 9.47 Å². The Balaban J connectivity index is 1.30.